The molecule has 0 aromatic rings. The van der Waals surface area contributed by atoms with Gasteiger partial charge < -0.3 is 26.0 Å². The zero-order chi connectivity index (χ0) is 25.2. The molecule has 0 aromatic carbocycles. The van der Waals surface area contributed by atoms with Crippen LogP contribution in [0.5, 0.6) is 0 Å². The second-order valence-corrected chi connectivity index (χ2v) is 11.2. The van der Waals surface area contributed by atoms with Crippen LogP contribution in [0, 0.1) is 16.7 Å². The zero-order valence-electron chi connectivity index (χ0n) is 20.3. The second kappa shape index (κ2) is 9.54. The number of nitrogens with two attached hydrogens (primary N) is 1. The minimum absolute atomic E-state index is 0.167. The van der Waals surface area contributed by atoms with E-state index in [2.05, 4.69) is 0 Å². The Kier molecular flexibility index (Phi) is 8.88. The maximum absolute atomic E-state index is 13.5. The summed E-state index contributed by atoms with van der Waals surface area (Å²) >= 11 is 0. The quantitative estimate of drug-likeness (QED) is 0.422. The van der Waals surface area contributed by atoms with Gasteiger partial charge in [0.25, 0.3) is 0 Å². The Morgan fingerprint density at radius 3 is 1.58 bits per heavy atom. The monoisotopic (exact) mass is 444 g/mol. The molecule has 31 heavy (non-hydrogen) atoms. The lowest BCUT2D eigenvalue weighted by Crippen LogP contribution is -2.74. The van der Waals surface area contributed by atoms with Gasteiger partial charge in [0.2, 0.25) is 5.91 Å². The van der Waals surface area contributed by atoms with E-state index in [1.165, 1.54) is 4.90 Å². The Bertz CT molecular complexity index is 698. The minimum Gasteiger partial charge on any atom is -0.481 e. The number of carboxylic acids is 3. The number of nitrogens with zero attached hydrogens (tertiary/aromatic N) is 1. The topological polar surface area (TPSA) is 158 Å². The first-order valence-electron chi connectivity index (χ1n) is 10.4. The normalized spacial score (nSPS) is 16.7. The number of carboxylic acid groups (broad SMARTS) is 3. The van der Waals surface area contributed by atoms with Crippen LogP contribution in [0.2, 0.25) is 0 Å². The Morgan fingerprint density at radius 1 is 0.871 bits per heavy atom. The average Bonchev–Trinajstić information content (AvgIpc) is 2.51. The number of carbonyl (C=O) groups is 4. The first-order chi connectivity index (χ1) is 13.6. The lowest BCUT2D eigenvalue weighted by molar-refractivity contribution is -0.193. The predicted molar refractivity (Wildman–Crippen MR) is 116 cm³/mol. The van der Waals surface area contributed by atoms with Crippen molar-refractivity contribution in [1.29, 1.82) is 0 Å². The van der Waals surface area contributed by atoms with Gasteiger partial charge in [0.15, 0.2) is 0 Å². The molecular weight excluding hydrogens is 404 g/mol. The van der Waals surface area contributed by atoms with Gasteiger partial charge in [-0.15, -0.1) is 0 Å². The summed E-state index contributed by atoms with van der Waals surface area (Å²) in [6.07, 6.45) is -0.902. The summed E-state index contributed by atoms with van der Waals surface area (Å²) in [5.74, 6) is -5.25. The Labute approximate surface area is 185 Å². The molecule has 0 aliphatic rings. The third-order valence-electron chi connectivity index (χ3n) is 5.66. The number of aliphatic carboxylic acids is 3. The summed E-state index contributed by atoms with van der Waals surface area (Å²) in [7, 11) is 0. The Hall–Kier alpha value is -2.16. The van der Waals surface area contributed by atoms with Crippen LogP contribution in [-0.2, 0) is 19.2 Å². The molecule has 0 radical (unpaired) electrons. The average molecular weight is 445 g/mol. The smallest absolute Gasteiger partial charge is 0.330 e. The SMILES string of the molecule is CC(C)(C)C(CC(=O)O)[C@](C(=O)O)(N(C(=O)CC[C@H](N)C(=O)O)C(C)(C)C)C(C)(C)C. The summed E-state index contributed by atoms with van der Waals surface area (Å²) in [4.78, 5) is 50.7. The largest absolute Gasteiger partial charge is 0.481 e. The maximum Gasteiger partial charge on any atom is 0.330 e. The van der Waals surface area contributed by atoms with E-state index in [4.69, 9.17) is 10.8 Å². The fourth-order valence-corrected chi connectivity index (χ4v) is 4.45. The number of hydrogen-bond donors (Lipinski definition) is 4. The van der Waals surface area contributed by atoms with Crippen LogP contribution in [0.4, 0.5) is 0 Å². The first kappa shape index (κ1) is 28.8. The summed E-state index contributed by atoms with van der Waals surface area (Å²) in [5, 5.41) is 29.3. The van der Waals surface area contributed by atoms with Crippen molar-refractivity contribution in [2.45, 2.75) is 98.7 Å². The van der Waals surface area contributed by atoms with Gasteiger partial charge in [0.05, 0.1) is 6.42 Å². The molecule has 0 spiro atoms. The molecule has 5 N–H and O–H groups in total. The molecule has 0 heterocycles. The van der Waals surface area contributed by atoms with E-state index >= 15 is 0 Å². The summed E-state index contributed by atoms with van der Waals surface area (Å²) in [5.41, 5.74) is 0.809. The molecule has 1 amide bonds. The van der Waals surface area contributed by atoms with Crippen molar-refractivity contribution in [1.82, 2.24) is 4.90 Å². The van der Waals surface area contributed by atoms with Gasteiger partial charge in [0.1, 0.15) is 11.6 Å². The highest BCUT2D eigenvalue weighted by atomic mass is 16.4. The van der Waals surface area contributed by atoms with Crippen LogP contribution in [0.25, 0.3) is 0 Å². The van der Waals surface area contributed by atoms with Crippen LogP contribution in [0.15, 0.2) is 0 Å². The van der Waals surface area contributed by atoms with Gasteiger partial charge in [0, 0.05) is 17.9 Å². The van der Waals surface area contributed by atoms with E-state index in [1.807, 2.05) is 0 Å². The highest BCUT2D eigenvalue weighted by molar-refractivity contribution is 5.90. The van der Waals surface area contributed by atoms with Crippen LogP contribution in [0.3, 0.4) is 0 Å². The molecule has 9 nitrogen and oxygen atoms in total. The summed E-state index contributed by atoms with van der Waals surface area (Å²) in [6, 6.07) is -1.27. The lowest BCUT2D eigenvalue weighted by atomic mass is 9.56. The van der Waals surface area contributed by atoms with Gasteiger partial charge in [-0.2, -0.15) is 0 Å². The zero-order valence-corrected chi connectivity index (χ0v) is 20.3. The molecule has 3 atom stereocenters. The van der Waals surface area contributed by atoms with Crippen LogP contribution < -0.4 is 5.73 Å². The van der Waals surface area contributed by atoms with Gasteiger partial charge >= 0.3 is 17.9 Å². The molecule has 0 aliphatic heterocycles. The molecular formula is C22H40N2O7. The fraction of sp³-hybridized carbons (Fsp3) is 0.818. The van der Waals surface area contributed by atoms with E-state index in [0.717, 1.165) is 0 Å². The number of rotatable bonds is 9. The molecule has 0 fully saturated rings. The van der Waals surface area contributed by atoms with Crippen molar-refractivity contribution in [3.05, 3.63) is 0 Å². The number of amides is 1. The molecule has 1 unspecified atom stereocenters. The summed E-state index contributed by atoms with van der Waals surface area (Å²) in [6.45, 7) is 15.4. The molecule has 0 rings (SSSR count). The van der Waals surface area contributed by atoms with Crippen LogP contribution in [-0.4, -0.2) is 61.2 Å². The molecule has 180 valence electrons. The van der Waals surface area contributed by atoms with Gasteiger partial charge in [-0.05, 0) is 38.0 Å². The van der Waals surface area contributed by atoms with E-state index in [1.54, 1.807) is 62.3 Å². The number of carbonyl (C=O) groups excluding carboxylic acids is 1. The van der Waals surface area contributed by atoms with Crippen molar-refractivity contribution in [2.75, 3.05) is 0 Å². The third kappa shape index (κ3) is 6.41. The Morgan fingerprint density at radius 2 is 1.32 bits per heavy atom. The number of hydrogen-bond acceptors (Lipinski definition) is 5. The van der Waals surface area contributed by atoms with E-state index in [-0.39, 0.29) is 12.8 Å². The van der Waals surface area contributed by atoms with E-state index in [0.29, 0.717) is 0 Å². The van der Waals surface area contributed by atoms with Crippen molar-refractivity contribution in [2.24, 2.45) is 22.5 Å². The molecule has 0 bridgehead atoms. The third-order valence-corrected chi connectivity index (χ3v) is 5.66. The standard InChI is InChI=1S/C22H40N2O7/c1-19(2,3)14(12-16(26)27)22(18(30)31,20(4,5)6)24(21(7,8)9)15(25)11-10-13(23)17(28)29/h13-14H,10-12,23H2,1-9H3,(H,26,27)(H,28,29)(H,30,31)/t13-,14?,22+/m0/s1. The fourth-order valence-electron chi connectivity index (χ4n) is 4.45. The predicted octanol–water partition coefficient (Wildman–Crippen LogP) is 2.81. The van der Waals surface area contributed by atoms with Crippen LogP contribution >= 0.6 is 0 Å². The molecule has 9 heteroatoms. The van der Waals surface area contributed by atoms with Gasteiger partial charge in [-0.1, -0.05) is 41.5 Å². The highest BCUT2D eigenvalue weighted by Gasteiger charge is 2.64. The Balaban J connectivity index is 7.06. The van der Waals surface area contributed by atoms with Crippen LogP contribution in [0.1, 0.15) is 81.6 Å². The van der Waals surface area contributed by atoms with Crippen molar-refractivity contribution >= 4 is 23.8 Å². The van der Waals surface area contributed by atoms with E-state index in [9.17, 15) is 29.4 Å². The van der Waals surface area contributed by atoms with Crippen molar-refractivity contribution in [3.8, 4) is 0 Å². The van der Waals surface area contributed by atoms with Gasteiger partial charge in [-0.25, -0.2) is 4.79 Å². The van der Waals surface area contributed by atoms with E-state index < -0.39 is 64.1 Å². The highest BCUT2D eigenvalue weighted by Crippen LogP contribution is 2.52. The lowest BCUT2D eigenvalue weighted by Gasteiger charge is -2.60. The minimum atomic E-state index is -1.90. The maximum atomic E-state index is 13.5. The van der Waals surface area contributed by atoms with Crippen molar-refractivity contribution in [3.63, 3.8) is 0 Å². The molecule has 0 aromatic heterocycles. The molecule has 0 aliphatic carbocycles. The summed E-state index contributed by atoms with van der Waals surface area (Å²) < 4.78 is 0. The molecule has 0 saturated heterocycles. The second-order valence-electron chi connectivity index (χ2n) is 11.2. The van der Waals surface area contributed by atoms with Gasteiger partial charge in [-0.3, -0.25) is 14.4 Å². The molecule has 0 saturated carbocycles. The van der Waals surface area contributed by atoms with Crippen molar-refractivity contribution < 1.29 is 34.5 Å². The first-order valence-corrected chi connectivity index (χ1v) is 10.4.